The number of nitrogens with zero attached hydrogens (tertiary/aromatic N) is 1. The fourth-order valence-electron chi connectivity index (χ4n) is 2.73. The van der Waals surface area contributed by atoms with Gasteiger partial charge in [-0.3, -0.25) is 0 Å². The lowest BCUT2D eigenvalue weighted by Crippen LogP contribution is -2.36. The normalized spacial score (nSPS) is 17.5. The van der Waals surface area contributed by atoms with Crippen LogP contribution in [-0.4, -0.2) is 43.5 Å². The largest absolute Gasteiger partial charge is 0.353 e. The molecule has 0 spiro atoms. The molecule has 0 aromatic heterocycles. The minimum atomic E-state index is -0.0135. The second kappa shape index (κ2) is 8.90. The van der Waals surface area contributed by atoms with Crippen LogP contribution in [0.5, 0.6) is 0 Å². The quantitative estimate of drug-likeness (QED) is 0.581. The summed E-state index contributed by atoms with van der Waals surface area (Å²) >= 11 is 0. The lowest BCUT2D eigenvalue weighted by molar-refractivity contribution is -0.142. The van der Waals surface area contributed by atoms with E-state index in [9.17, 15) is 0 Å². The Kier molecular flexibility index (Phi) is 7.82. The Morgan fingerprint density at radius 2 is 1.65 bits per heavy atom. The molecule has 1 aliphatic rings. The molecule has 1 saturated carbocycles. The fourth-order valence-corrected chi connectivity index (χ4v) is 2.73. The first-order valence-electron chi connectivity index (χ1n) is 7.29. The van der Waals surface area contributed by atoms with Crippen molar-refractivity contribution in [2.75, 3.05) is 26.3 Å². The predicted octanol–water partition coefficient (Wildman–Crippen LogP) is 3.04. The van der Waals surface area contributed by atoms with Crippen molar-refractivity contribution in [2.45, 2.75) is 65.2 Å². The lowest BCUT2D eigenvalue weighted by atomic mass is 10.2. The summed E-state index contributed by atoms with van der Waals surface area (Å²) in [7, 11) is 0. The van der Waals surface area contributed by atoms with Gasteiger partial charge in [0.15, 0.2) is 6.29 Å². The highest BCUT2D eigenvalue weighted by molar-refractivity contribution is 4.76. The van der Waals surface area contributed by atoms with Crippen LogP contribution in [-0.2, 0) is 9.47 Å². The van der Waals surface area contributed by atoms with Crippen molar-refractivity contribution in [2.24, 2.45) is 0 Å². The first-order valence-corrected chi connectivity index (χ1v) is 7.29. The second-order valence-corrected chi connectivity index (χ2v) is 4.70. The van der Waals surface area contributed by atoms with E-state index in [1.54, 1.807) is 0 Å². The van der Waals surface area contributed by atoms with Gasteiger partial charge in [-0.15, -0.1) is 0 Å². The predicted molar refractivity (Wildman–Crippen MR) is 71.2 cm³/mol. The average molecular weight is 243 g/mol. The number of ether oxygens (including phenoxy) is 2. The molecule has 0 amide bonds. The van der Waals surface area contributed by atoms with Gasteiger partial charge in [-0.2, -0.15) is 0 Å². The molecule has 0 unspecified atom stereocenters. The van der Waals surface area contributed by atoms with Gasteiger partial charge in [0.25, 0.3) is 0 Å². The van der Waals surface area contributed by atoms with Crippen LogP contribution in [0.2, 0.25) is 0 Å². The van der Waals surface area contributed by atoms with Crippen LogP contribution in [0.1, 0.15) is 52.9 Å². The van der Waals surface area contributed by atoms with Crippen LogP contribution in [0.15, 0.2) is 0 Å². The summed E-state index contributed by atoms with van der Waals surface area (Å²) in [5.41, 5.74) is 0. The van der Waals surface area contributed by atoms with Crippen molar-refractivity contribution in [1.82, 2.24) is 4.90 Å². The first-order chi connectivity index (χ1) is 8.31. The van der Waals surface area contributed by atoms with Gasteiger partial charge >= 0.3 is 0 Å². The van der Waals surface area contributed by atoms with Crippen molar-refractivity contribution in [3.63, 3.8) is 0 Å². The molecule has 0 radical (unpaired) electrons. The van der Waals surface area contributed by atoms with Crippen LogP contribution in [0.25, 0.3) is 0 Å². The zero-order valence-electron chi connectivity index (χ0n) is 11.8. The van der Waals surface area contributed by atoms with Gasteiger partial charge in [0, 0.05) is 32.2 Å². The molecule has 0 atom stereocenters. The van der Waals surface area contributed by atoms with Crippen LogP contribution in [0, 0.1) is 0 Å². The van der Waals surface area contributed by atoms with Crippen LogP contribution >= 0.6 is 0 Å². The molecule has 0 aliphatic heterocycles. The summed E-state index contributed by atoms with van der Waals surface area (Å²) in [5.74, 6) is 0. The Balaban J connectivity index is 2.28. The second-order valence-electron chi connectivity index (χ2n) is 4.70. The van der Waals surface area contributed by atoms with E-state index in [-0.39, 0.29) is 6.29 Å². The van der Waals surface area contributed by atoms with Gasteiger partial charge in [-0.1, -0.05) is 19.8 Å². The monoisotopic (exact) mass is 243 g/mol. The molecular weight excluding hydrogens is 214 g/mol. The summed E-state index contributed by atoms with van der Waals surface area (Å²) in [6.45, 7) is 10.0. The Bertz CT molecular complexity index is 175. The summed E-state index contributed by atoms with van der Waals surface area (Å²) in [6, 6.07) is 0.809. The third-order valence-electron chi connectivity index (χ3n) is 3.60. The molecule has 1 fully saturated rings. The maximum atomic E-state index is 5.59. The van der Waals surface area contributed by atoms with E-state index in [0.29, 0.717) is 0 Å². The van der Waals surface area contributed by atoms with Gasteiger partial charge in [-0.05, 0) is 33.2 Å². The zero-order valence-corrected chi connectivity index (χ0v) is 11.8. The minimum Gasteiger partial charge on any atom is -0.353 e. The van der Waals surface area contributed by atoms with E-state index in [1.807, 2.05) is 13.8 Å². The highest BCUT2D eigenvalue weighted by Gasteiger charge is 2.22. The Labute approximate surface area is 106 Å². The topological polar surface area (TPSA) is 21.7 Å². The molecule has 0 aromatic rings. The third-order valence-corrected chi connectivity index (χ3v) is 3.60. The smallest absolute Gasteiger partial charge is 0.158 e. The zero-order chi connectivity index (χ0) is 12.5. The summed E-state index contributed by atoms with van der Waals surface area (Å²) in [4.78, 5) is 2.60. The molecule has 1 aliphatic carbocycles. The van der Waals surface area contributed by atoms with Gasteiger partial charge in [0.05, 0.1) is 0 Å². The molecule has 0 aromatic carbocycles. The average Bonchev–Trinajstić information content (AvgIpc) is 2.84. The number of rotatable bonds is 9. The maximum Gasteiger partial charge on any atom is 0.158 e. The minimum absolute atomic E-state index is 0.0135. The van der Waals surface area contributed by atoms with E-state index in [1.165, 1.54) is 25.7 Å². The Morgan fingerprint density at radius 3 is 2.12 bits per heavy atom. The van der Waals surface area contributed by atoms with Gasteiger partial charge in [-0.25, -0.2) is 0 Å². The standard InChI is InChI=1S/C14H29NO2/c1-4-15(13-9-7-8-10-13)12-11-14(16-5-2)17-6-3/h13-14H,4-12H2,1-3H3. The van der Waals surface area contributed by atoms with E-state index < -0.39 is 0 Å². The Hall–Kier alpha value is -0.120. The summed E-state index contributed by atoms with van der Waals surface area (Å²) in [5, 5.41) is 0. The van der Waals surface area contributed by atoms with Gasteiger partial charge in [0.1, 0.15) is 0 Å². The molecule has 0 saturated heterocycles. The fraction of sp³-hybridized carbons (Fsp3) is 1.00. The van der Waals surface area contributed by atoms with Crippen LogP contribution in [0.3, 0.4) is 0 Å². The number of hydrogen-bond acceptors (Lipinski definition) is 3. The third kappa shape index (κ3) is 5.36. The lowest BCUT2D eigenvalue weighted by Gasteiger charge is -2.29. The van der Waals surface area contributed by atoms with Crippen molar-refractivity contribution >= 4 is 0 Å². The van der Waals surface area contributed by atoms with E-state index in [4.69, 9.17) is 9.47 Å². The molecule has 0 bridgehead atoms. The van der Waals surface area contributed by atoms with E-state index >= 15 is 0 Å². The van der Waals surface area contributed by atoms with Gasteiger partial charge in [0.2, 0.25) is 0 Å². The van der Waals surface area contributed by atoms with Crippen LogP contribution < -0.4 is 0 Å². The molecule has 0 N–H and O–H groups in total. The van der Waals surface area contributed by atoms with Crippen molar-refractivity contribution < 1.29 is 9.47 Å². The summed E-state index contributed by atoms with van der Waals surface area (Å²) in [6.07, 6.45) is 6.54. The van der Waals surface area contributed by atoms with Crippen molar-refractivity contribution in [3.05, 3.63) is 0 Å². The molecule has 102 valence electrons. The summed E-state index contributed by atoms with van der Waals surface area (Å²) < 4.78 is 11.2. The molecule has 3 nitrogen and oxygen atoms in total. The molecule has 0 heterocycles. The highest BCUT2D eigenvalue weighted by atomic mass is 16.7. The molecule has 3 heteroatoms. The molecular formula is C14H29NO2. The van der Waals surface area contributed by atoms with Crippen molar-refractivity contribution in [3.8, 4) is 0 Å². The number of hydrogen-bond donors (Lipinski definition) is 0. The molecule has 17 heavy (non-hydrogen) atoms. The van der Waals surface area contributed by atoms with Crippen LogP contribution in [0.4, 0.5) is 0 Å². The Morgan fingerprint density at radius 1 is 1.06 bits per heavy atom. The van der Waals surface area contributed by atoms with Gasteiger partial charge < -0.3 is 14.4 Å². The van der Waals surface area contributed by atoms with E-state index in [2.05, 4.69) is 11.8 Å². The maximum absolute atomic E-state index is 5.59. The highest BCUT2D eigenvalue weighted by Crippen LogP contribution is 2.23. The molecule has 1 rings (SSSR count). The first kappa shape index (κ1) is 14.9. The van der Waals surface area contributed by atoms with Crippen molar-refractivity contribution in [1.29, 1.82) is 0 Å². The SMILES string of the molecule is CCOC(CCN(CC)C1CCCC1)OCC. The van der Waals surface area contributed by atoms with E-state index in [0.717, 1.165) is 38.8 Å².